The van der Waals surface area contributed by atoms with E-state index in [4.69, 9.17) is 15.0 Å². The van der Waals surface area contributed by atoms with Crippen LogP contribution in [0.5, 0.6) is 0 Å². The first-order valence-electron chi connectivity index (χ1n) is 12.9. The van der Waals surface area contributed by atoms with Crippen LogP contribution < -0.4 is 15.5 Å². The average molecular weight is 529 g/mol. The molecule has 4 aromatic rings. The molecule has 3 heterocycles. The van der Waals surface area contributed by atoms with Crippen LogP contribution in [-0.2, 0) is 16.0 Å². The summed E-state index contributed by atoms with van der Waals surface area (Å²) < 4.78 is 0.871. The van der Waals surface area contributed by atoms with E-state index >= 15 is 0 Å². The number of hydrogen-bond donors (Lipinski definition) is 3. The molecule has 9 nitrogen and oxygen atoms in total. The van der Waals surface area contributed by atoms with Gasteiger partial charge in [0.25, 0.3) is 0 Å². The maximum atomic E-state index is 12.2. The van der Waals surface area contributed by atoms with Gasteiger partial charge in [0.05, 0.1) is 27.7 Å². The van der Waals surface area contributed by atoms with Gasteiger partial charge in [0, 0.05) is 31.4 Å². The lowest BCUT2D eigenvalue weighted by Gasteiger charge is -2.26. The second-order valence-electron chi connectivity index (χ2n) is 9.80. The molecule has 1 aliphatic heterocycles. The molecular formula is C28H28N6O3S. The molecule has 1 saturated heterocycles. The topological polar surface area (TPSA) is 120 Å². The van der Waals surface area contributed by atoms with Gasteiger partial charge in [-0.25, -0.2) is 9.97 Å². The Hall–Kier alpha value is -3.89. The van der Waals surface area contributed by atoms with Crippen LogP contribution in [0, 0.1) is 0 Å². The number of nitrogens with zero attached hydrogens (tertiary/aromatic N) is 4. The molecule has 38 heavy (non-hydrogen) atoms. The number of aromatic nitrogens is 3. The summed E-state index contributed by atoms with van der Waals surface area (Å²) in [6.45, 7) is 0. The Kier molecular flexibility index (Phi) is 6.73. The van der Waals surface area contributed by atoms with Crippen LogP contribution in [0.15, 0.2) is 54.6 Å². The van der Waals surface area contributed by atoms with E-state index in [-0.39, 0.29) is 36.8 Å². The van der Waals surface area contributed by atoms with Crippen molar-refractivity contribution in [2.75, 3.05) is 15.5 Å². The maximum Gasteiger partial charge on any atom is 0.234 e. The first-order valence-corrected chi connectivity index (χ1v) is 13.7. The molecule has 0 unspecified atom stereocenters. The van der Waals surface area contributed by atoms with Gasteiger partial charge in [-0.05, 0) is 49.4 Å². The van der Waals surface area contributed by atoms with Crippen LogP contribution in [-0.4, -0.2) is 44.0 Å². The van der Waals surface area contributed by atoms with Crippen LogP contribution in [0.2, 0.25) is 0 Å². The quantitative estimate of drug-likeness (QED) is 0.293. The number of thiazole rings is 1. The van der Waals surface area contributed by atoms with Crippen molar-refractivity contribution in [2.45, 2.75) is 57.1 Å². The number of fused-ring (bicyclic) bond motifs is 1. The van der Waals surface area contributed by atoms with Gasteiger partial charge in [0.2, 0.25) is 17.8 Å². The van der Waals surface area contributed by atoms with Gasteiger partial charge in [0.15, 0.2) is 5.13 Å². The van der Waals surface area contributed by atoms with E-state index in [0.717, 1.165) is 47.2 Å². The summed E-state index contributed by atoms with van der Waals surface area (Å²) in [5, 5.41) is 17.3. The average Bonchev–Trinajstić information content (AvgIpc) is 3.46. The van der Waals surface area contributed by atoms with Gasteiger partial charge in [-0.15, -0.1) is 0 Å². The molecule has 2 aromatic carbocycles. The highest BCUT2D eigenvalue weighted by Crippen LogP contribution is 2.33. The van der Waals surface area contributed by atoms with Gasteiger partial charge >= 0.3 is 0 Å². The van der Waals surface area contributed by atoms with E-state index in [9.17, 15) is 14.7 Å². The van der Waals surface area contributed by atoms with Crippen LogP contribution >= 0.6 is 11.3 Å². The molecule has 194 valence electrons. The molecule has 2 amide bonds. The molecule has 0 spiro atoms. The highest BCUT2D eigenvalue weighted by molar-refractivity contribution is 7.22. The first-order chi connectivity index (χ1) is 18.5. The van der Waals surface area contributed by atoms with E-state index in [1.165, 1.54) is 16.2 Å². The third-order valence-corrected chi connectivity index (χ3v) is 7.89. The monoisotopic (exact) mass is 528 g/mol. The summed E-state index contributed by atoms with van der Waals surface area (Å²) in [7, 11) is 0. The Morgan fingerprint density at radius 1 is 0.921 bits per heavy atom. The minimum atomic E-state index is -0.225. The van der Waals surface area contributed by atoms with Crippen molar-refractivity contribution in [3.8, 4) is 0 Å². The van der Waals surface area contributed by atoms with Crippen molar-refractivity contribution in [1.82, 2.24) is 15.0 Å². The Balaban J connectivity index is 1.26. The maximum absolute atomic E-state index is 12.2. The zero-order valence-electron chi connectivity index (χ0n) is 20.8. The van der Waals surface area contributed by atoms with E-state index in [1.807, 2.05) is 36.4 Å². The fourth-order valence-electron chi connectivity index (χ4n) is 5.00. The second-order valence-corrected chi connectivity index (χ2v) is 10.8. The summed E-state index contributed by atoms with van der Waals surface area (Å²) in [6, 6.07) is 17.8. The van der Waals surface area contributed by atoms with E-state index in [1.54, 1.807) is 6.07 Å². The second kappa shape index (κ2) is 10.5. The van der Waals surface area contributed by atoms with Crippen LogP contribution in [0.1, 0.15) is 49.8 Å². The molecule has 0 radical (unpaired) electrons. The zero-order valence-corrected chi connectivity index (χ0v) is 21.6. The Morgan fingerprint density at radius 2 is 1.68 bits per heavy atom. The van der Waals surface area contributed by atoms with Gasteiger partial charge in [-0.2, -0.15) is 4.98 Å². The highest BCUT2D eigenvalue weighted by atomic mass is 32.1. The predicted molar refractivity (Wildman–Crippen MR) is 148 cm³/mol. The molecule has 2 aromatic heterocycles. The predicted octanol–water partition coefficient (Wildman–Crippen LogP) is 4.79. The summed E-state index contributed by atoms with van der Waals surface area (Å²) in [6.07, 6.45) is 4.24. The highest BCUT2D eigenvalue weighted by Gasteiger charge is 2.30. The van der Waals surface area contributed by atoms with Crippen molar-refractivity contribution >= 4 is 56.0 Å². The number of aliphatic hydroxyl groups is 1. The number of amides is 2. The lowest BCUT2D eigenvalue weighted by molar-refractivity contribution is -0.121. The molecular weight excluding hydrogens is 500 g/mol. The van der Waals surface area contributed by atoms with Gasteiger partial charge < -0.3 is 15.7 Å². The number of hydrogen-bond acceptors (Lipinski definition) is 9. The van der Waals surface area contributed by atoms with Gasteiger partial charge in [-0.1, -0.05) is 41.7 Å². The number of anilines is 4. The number of imide groups is 1. The fourth-order valence-corrected chi connectivity index (χ4v) is 5.91. The standard InChI is InChI=1S/C28H28N6O3S/c35-21-9-6-18(7-10-21)29-27-30-19(14-17-4-2-1-3-5-17)15-24(32-27)33-28-31-22-11-8-20(16-23(22)38-28)34-25(36)12-13-26(34)37/h1-5,8,11,15-16,18,21,35H,6-7,9-10,12-14H2,(H2,29,30,31,32,33)/t18-,21-. The molecule has 1 aliphatic carbocycles. The summed E-state index contributed by atoms with van der Waals surface area (Å²) in [4.78, 5) is 39.8. The fraction of sp³-hybridized carbons (Fsp3) is 0.321. The Bertz CT molecular complexity index is 1470. The molecule has 0 atom stereocenters. The molecule has 3 N–H and O–H groups in total. The minimum absolute atomic E-state index is 0.170. The lowest BCUT2D eigenvalue weighted by atomic mass is 9.93. The van der Waals surface area contributed by atoms with Crippen molar-refractivity contribution in [2.24, 2.45) is 0 Å². The summed E-state index contributed by atoms with van der Waals surface area (Å²) in [5.41, 5.74) is 3.39. The van der Waals surface area contributed by atoms with Crippen molar-refractivity contribution < 1.29 is 14.7 Å². The van der Waals surface area contributed by atoms with Crippen LogP contribution in [0.25, 0.3) is 10.2 Å². The Morgan fingerprint density at radius 3 is 2.45 bits per heavy atom. The molecule has 2 fully saturated rings. The molecule has 10 heteroatoms. The number of benzene rings is 2. The SMILES string of the molecule is O=C1CCC(=O)N1c1ccc2nc(Nc3cc(Cc4ccccc4)nc(N[C@H]4CC[C@H](O)CC4)n3)sc2c1. The van der Waals surface area contributed by atoms with Crippen molar-refractivity contribution in [3.05, 3.63) is 65.9 Å². The smallest absolute Gasteiger partial charge is 0.234 e. The van der Waals surface area contributed by atoms with Crippen molar-refractivity contribution in [1.29, 1.82) is 0 Å². The van der Waals surface area contributed by atoms with Crippen LogP contribution in [0.4, 0.5) is 22.6 Å². The lowest BCUT2D eigenvalue weighted by Crippen LogP contribution is -2.29. The number of nitrogens with one attached hydrogen (secondary N) is 2. The third kappa shape index (κ3) is 5.36. The van der Waals surface area contributed by atoms with E-state index < -0.39 is 0 Å². The normalized spacial score (nSPS) is 19.8. The Labute approximate surface area is 224 Å². The first kappa shape index (κ1) is 24.4. The van der Waals surface area contributed by atoms with Gasteiger partial charge in [0.1, 0.15) is 5.82 Å². The van der Waals surface area contributed by atoms with Crippen LogP contribution in [0.3, 0.4) is 0 Å². The molecule has 6 rings (SSSR count). The van der Waals surface area contributed by atoms with Gasteiger partial charge in [-0.3, -0.25) is 14.5 Å². The third-order valence-electron chi connectivity index (χ3n) is 6.95. The number of rotatable bonds is 7. The summed E-state index contributed by atoms with van der Waals surface area (Å²) >= 11 is 1.44. The zero-order chi connectivity index (χ0) is 26.1. The largest absolute Gasteiger partial charge is 0.393 e. The van der Waals surface area contributed by atoms with E-state index in [2.05, 4.69) is 22.8 Å². The number of carbonyl (C=O) groups is 2. The minimum Gasteiger partial charge on any atom is -0.393 e. The molecule has 2 aliphatic rings. The molecule has 0 bridgehead atoms. The van der Waals surface area contributed by atoms with Crippen molar-refractivity contribution in [3.63, 3.8) is 0 Å². The van der Waals surface area contributed by atoms with E-state index in [0.29, 0.717) is 29.0 Å². The number of carbonyl (C=O) groups excluding carboxylic acids is 2. The summed E-state index contributed by atoms with van der Waals surface area (Å²) in [5.74, 6) is 0.846. The molecule has 1 saturated carbocycles. The number of aliphatic hydroxyl groups excluding tert-OH is 1.